The molecule has 0 aromatic heterocycles. The Balaban J connectivity index is 1.54. The fourth-order valence-corrected chi connectivity index (χ4v) is 3.80. The standard InChI is InChI=1S/C24H30N2O5/c1-16(19-7-10-21(30-3)22(15-19)31-4)25-23(27)17-11-13-26(14-12-17)24(28)18-5-8-20(29-2)9-6-18/h5-10,15-17H,11-14H2,1-4H3,(H,25,27)/t16-/m1/s1. The molecule has 1 fully saturated rings. The average Bonchev–Trinajstić information content (AvgIpc) is 2.83. The molecule has 2 amide bonds. The highest BCUT2D eigenvalue weighted by Crippen LogP contribution is 2.30. The first-order valence-electron chi connectivity index (χ1n) is 10.4. The number of nitrogens with zero attached hydrogens (tertiary/aromatic N) is 1. The van der Waals surface area contributed by atoms with E-state index in [1.165, 1.54) is 0 Å². The predicted octanol–water partition coefficient (Wildman–Crippen LogP) is 3.44. The Morgan fingerprint density at radius 2 is 1.58 bits per heavy atom. The van der Waals surface area contributed by atoms with Gasteiger partial charge in [0.15, 0.2) is 11.5 Å². The number of piperidine rings is 1. The van der Waals surface area contributed by atoms with E-state index >= 15 is 0 Å². The van der Waals surface area contributed by atoms with Crippen LogP contribution < -0.4 is 19.5 Å². The number of carbonyl (C=O) groups excluding carboxylic acids is 2. The van der Waals surface area contributed by atoms with Crippen molar-refractivity contribution in [3.8, 4) is 17.2 Å². The van der Waals surface area contributed by atoms with E-state index in [0.29, 0.717) is 43.0 Å². The van der Waals surface area contributed by atoms with Gasteiger partial charge in [-0.3, -0.25) is 9.59 Å². The number of amides is 2. The Kier molecular flexibility index (Phi) is 7.39. The molecule has 0 bridgehead atoms. The van der Waals surface area contributed by atoms with Crippen LogP contribution in [-0.4, -0.2) is 51.1 Å². The third-order valence-electron chi connectivity index (χ3n) is 5.76. The van der Waals surface area contributed by atoms with Crippen LogP contribution >= 0.6 is 0 Å². The van der Waals surface area contributed by atoms with Crippen molar-refractivity contribution in [3.63, 3.8) is 0 Å². The Morgan fingerprint density at radius 3 is 2.16 bits per heavy atom. The highest BCUT2D eigenvalue weighted by molar-refractivity contribution is 5.94. The molecule has 0 saturated carbocycles. The Hall–Kier alpha value is -3.22. The van der Waals surface area contributed by atoms with Gasteiger partial charge in [-0.2, -0.15) is 0 Å². The number of likely N-dealkylation sites (tertiary alicyclic amines) is 1. The number of carbonyl (C=O) groups is 2. The van der Waals surface area contributed by atoms with E-state index in [1.807, 2.05) is 30.0 Å². The fourth-order valence-electron chi connectivity index (χ4n) is 3.80. The maximum Gasteiger partial charge on any atom is 0.253 e. The van der Waals surface area contributed by atoms with Crippen molar-refractivity contribution in [1.29, 1.82) is 0 Å². The van der Waals surface area contributed by atoms with Gasteiger partial charge in [-0.05, 0) is 61.7 Å². The Morgan fingerprint density at radius 1 is 0.935 bits per heavy atom. The Labute approximate surface area is 183 Å². The summed E-state index contributed by atoms with van der Waals surface area (Å²) in [5.74, 6) is 1.89. The van der Waals surface area contributed by atoms with Crippen LogP contribution in [0.4, 0.5) is 0 Å². The minimum atomic E-state index is -0.161. The normalized spacial score (nSPS) is 15.2. The molecule has 1 heterocycles. The highest BCUT2D eigenvalue weighted by Gasteiger charge is 2.28. The van der Waals surface area contributed by atoms with Crippen molar-refractivity contribution in [2.45, 2.75) is 25.8 Å². The maximum atomic E-state index is 12.8. The number of ether oxygens (including phenoxy) is 3. The number of nitrogens with one attached hydrogen (secondary N) is 1. The van der Waals surface area contributed by atoms with Gasteiger partial charge in [0.2, 0.25) is 5.91 Å². The van der Waals surface area contributed by atoms with Gasteiger partial charge in [-0.1, -0.05) is 6.07 Å². The second-order valence-corrected chi connectivity index (χ2v) is 7.64. The smallest absolute Gasteiger partial charge is 0.253 e. The first-order valence-corrected chi connectivity index (χ1v) is 10.4. The van der Waals surface area contributed by atoms with Crippen molar-refractivity contribution >= 4 is 11.8 Å². The fraction of sp³-hybridized carbons (Fsp3) is 0.417. The molecule has 0 aliphatic carbocycles. The first-order chi connectivity index (χ1) is 15.0. The summed E-state index contributed by atoms with van der Waals surface area (Å²) in [5, 5.41) is 3.09. The van der Waals surface area contributed by atoms with Crippen LogP contribution in [-0.2, 0) is 4.79 Å². The molecule has 1 aliphatic heterocycles. The van der Waals surface area contributed by atoms with E-state index < -0.39 is 0 Å². The van der Waals surface area contributed by atoms with Crippen molar-refractivity contribution in [2.24, 2.45) is 5.92 Å². The van der Waals surface area contributed by atoms with E-state index in [-0.39, 0.29) is 23.8 Å². The third-order valence-corrected chi connectivity index (χ3v) is 5.76. The molecule has 7 heteroatoms. The van der Waals surface area contributed by atoms with Gasteiger partial charge in [-0.25, -0.2) is 0 Å². The lowest BCUT2D eigenvalue weighted by atomic mass is 9.94. The number of methoxy groups -OCH3 is 3. The van der Waals surface area contributed by atoms with E-state index in [1.54, 1.807) is 45.6 Å². The summed E-state index contributed by atoms with van der Waals surface area (Å²) < 4.78 is 15.8. The SMILES string of the molecule is COc1ccc(C(=O)N2CCC(C(=O)N[C@H](C)c3ccc(OC)c(OC)c3)CC2)cc1. The molecule has 1 aliphatic rings. The third kappa shape index (κ3) is 5.29. The second-order valence-electron chi connectivity index (χ2n) is 7.64. The van der Waals surface area contributed by atoms with Crippen LogP contribution in [0.1, 0.15) is 41.7 Å². The van der Waals surface area contributed by atoms with Gasteiger partial charge in [0.25, 0.3) is 5.91 Å². The molecule has 2 aromatic rings. The van der Waals surface area contributed by atoms with Gasteiger partial charge < -0.3 is 24.4 Å². The van der Waals surface area contributed by atoms with E-state index in [4.69, 9.17) is 14.2 Å². The summed E-state index contributed by atoms with van der Waals surface area (Å²) in [5.41, 5.74) is 1.57. The van der Waals surface area contributed by atoms with Crippen LogP contribution in [0, 0.1) is 5.92 Å². The van der Waals surface area contributed by atoms with Gasteiger partial charge in [0, 0.05) is 24.6 Å². The highest BCUT2D eigenvalue weighted by atomic mass is 16.5. The van der Waals surface area contributed by atoms with Crippen molar-refractivity contribution in [1.82, 2.24) is 10.2 Å². The summed E-state index contributed by atoms with van der Waals surface area (Å²) in [4.78, 5) is 27.3. The number of hydrogen-bond acceptors (Lipinski definition) is 5. The molecule has 1 saturated heterocycles. The predicted molar refractivity (Wildman–Crippen MR) is 118 cm³/mol. The van der Waals surface area contributed by atoms with Crippen LogP contribution in [0.2, 0.25) is 0 Å². The summed E-state index contributed by atoms with van der Waals surface area (Å²) >= 11 is 0. The second kappa shape index (κ2) is 10.2. The molecular weight excluding hydrogens is 396 g/mol. The molecule has 3 rings (SSSR count). The summed E-state index contributed by atoms with van der Waals surface area (Å²) in [6, 6.07) is 12.6. The maximum absolute atomic E-state index is 12.8. The summed E-state index contributed by atoms with van der Waals surface area (Å²) in [7, 11) is 4.78. The zero-order chi connectivity index (χ0) is 22.4. The zero-order valence-corrected chi connectivity index (χ0v) is 18.5. The van der Waals surface area contributed by atoms with E-state index in [0.717, 1.165) is 11.3 Å². The lowest BCUT2D eigenvalue weighted by molar-refractivity contribution is -0.127. The van der Waals surface area contributed by atoms with Gasteiger partial charge >= 0.3 is 0 Å². The minimum Gasteiger partial charge on any atom is -0.497 e. The molecule has 7 nitrogen and oxygen atoms in total. The molecule has 0 spiro atoms. The van der Waals surface area contributed by atoms with Crippen LogP contribution in [0.25, 0.3) is 0 Å². The molecule has 1 atom stereocenters. The number of rotatable bonds is 7. The van der Waals surface area contributed by atoms with Gasteiger partial charge in [0.05, 0.1) is 27.4 Å². The van der Waals surface area contributed by atoms with Crippen molar-refractivity contribution in [3.05, 3.63) is 53.6 Å². The summed E-state index contributed by atoms with van der Waals surface area (Å²) in [6.45, 7) is 3.07. The van der Waals surface area contributed by atoms with Gasteiger partial charge in [-0.15, -0.1) is 0 Å². The molecule has 166 valence electrons. The lowest BCUT2D eigenvalue weighted by Crippen LogP contribution is -2.43. The van der Waals surface area contributed by atoms with Crippen molar-refractivity contribution < 1.29 is 23.8 Å². The topological polar surface area (TPSA) is 77.1 Å². The molecule has 0 radical (unpaired) electrons. The monoisotopic (exact) mass is 426 g/mol. The minimum absolute atomic E-state index is 0.0128. The van der Waals surface area contributed by atoms with Gasteiger partial charge in [0.1, 0.15) is 5.75 Å². The number of benzene rings is 2. The molecule has 0 unspecified atom stereocenters. The van der Waals surface area contributed by atoms with Crippen LogP contribution in [0.5, 0.6) is 17.2 Å². The largest absolute Gasteiger partial charge is 0.497 e. The van der Waals surface area contributed by atoms with Crippen LogP contribution in [0.15, 0.2) is 42.5 Å². The lowest BCUT2D eigenvalue weighted by Gasteiger charge is -2.32. The van der Waals surface area contributed by atoms with Crippen molar-refractivity contribution in [2.75, 3.05) is 34.4 Å². The van der Waals surface area contributed by atoms with Crippen LogP contribution in [0.3, 0.4) is 0 Å². The zero-order valence-electron chi connectivity index (χ0n) is 18.5. The molecule has 1 N–H and O–H groups in total. The summed E-state index contributed by atoms with van der Waals surface area (Å²) in [6.07, 6.45) is 1.29. The molecule has 31 heavy (non-hydrogen) atoms. The Bertz CT molecular complexity index is 905. The average molecular weight is 427 g/mol. The first kappa shape index (κ1) is 22.5. The molecular formula is C24H30N2O5. The van der Waals surface area contributed by atoms with E-state index in [2.05, 4.69) is 5.32 Å². The van der Waals surface area contributed by atoms with E-state index in [9.17, 15) is 9.59 Å². The number of hydrogen-bond donors (Lipinski definition) is 1. The molecule has 2 aromatic carbocycles. The quantitative estimate of drug-likeness (QED) is 0.734.